The quantitative estimate of drug-likeness (QED) is 0.839. The molecule has 1 atom stereocenters. The zero-order valence-corrected chi connectivity index (χ0v) is 11.0. The van der Waals surface area contributed by atoms with Crippen molar-refractivity contribution >= 4 is 17.4 Å². The lowest BCUT2D eigenvalue weighted by molar-refractivity contribution is 0.263. The van der Waals surface area contributed by atoms with Gasteiger partial charge in [-0.3, -0.25) is 0 Å². The summed E-state index contributed by atoms with van der Waals surface area (Å²) in [4.78, 5) is 10.9. The summed E-state index contributed by atoms with van der Waals surface area (Å²) in [6, 6.07) is 0. The molecule has 94 valence electrons. The van der Waals surface area contributed by atoms with Crippen LogP contribution in [0, 0.1) is 19.8 Å². The summed E-state index contributed by atoms with van der Waals surface area (Å²) in [5.41, 5.74) is 0.946. The lowest BCUT2D eigenvalue weighted by atomic mass is 10.1. The molecule has 1 aromatic rings. The van der Waals surface area contributed by atoms with Gasteiger partial charge in [0.25, 0.3) is 0 Å². The molecule has 1 unspecified atom stereocenters. The summed E-state index contributed by atoms with van der Waals surface area (Å²) in [5, 5.41) is 9.50. The van der Waals surface area contributed by atoms with Gasteiger partial charge in [0.05, 0.1) is 0 Å². The Morgan fingerprint density at radius 2 is 2.18 bits per heavy atom. The van der Waals surface area contributed by atoms with Crippen LogP contribution >= 0.6 is 11.6 Å². The van der Waals surface area contributed by atoms with Gasteiger partial charge in [-0.25, -0.2) is 9.97 Å². The van der Waals surface area contributed by atoms with Gasteiger partial charge in [-0.05, 0) is 32.6 Å². The van der Waals surface area contributed by atoms with Gasteiger partial charge in [-0.1, -0.05) is 11.6 Å². The molecule has 0 amide bonds. The van der Waals surface area contributed by atoms with E-state index in [1.54, 1.807) is 0 Å². The van der Waals surface area contributed by atoms with Crippen LogP contribution in [0.15, 0.2) is 0 Å². The molecule has 1 aliphatic rings. The molecule has 0 saturated carbocycles. The van der Waals surface area contributed by atoms with Crippen LogP contribution in [0.4, 0.5) is 5.82 Å². The van der Waals surface area contributed by atoms with Gasteiger partial charge in [-0.2, -0.15) is 0 Å². The third-order valence-electron chi connectivity index (χ3n) is 3.30. The maximum absolute atomic E-state index is 8.96. The van der Waals surface area contributed by atoms with Gasteiger partial charge >= 0.3 is 0 Å². The summed E-state index contributed by atoms with van der Waals surface area (Å²) in [6.07, 6.45) is 1.98. The van der Waals surface area contributed by atoms with Gasteiger partial charge < -0.3 is 10.0 Å². The first kappa shape index (κ1) is 12.6. The first-order valence-electron chi connectivity index (χ1n) is 5.98. The molecule has 0 spiro atoms. The summed E-state index contributed by atoms with van der Waals surface area (Å²) in [5.74, 6) is 2.22. The highest BCUT2D eigenvalue weighted by molar-refractivity contribution is 6.30. The third kappa shape index (κ3) is 2.69. The van der Waals surface area contributed by atoms with Crippen molar-refractivity contribution in [3.63, 3.8) is 0 Å². The van der Waals surface area contributed by atoms with Crippen LogP contribution in [0.2, 0.25) is 5.15 Å². The van der Waals surface area contributed by atoms with Crippen LogP contribution in [0.1, 0.15) is 24.2 Å². The predicted molar refractivity (Wildman–Crippen MR) is 68.5 cm³/mol. The van der Waals surface area contributed by atoms with E-state index in [4.69, 9.17) is 16.7 Å². The molecule has 1 saturated heterocycles. The average Bonchev–Trinajstić information content (AvgIpc) is 2.72. The fraction of sp³-hybridized carbons (Fsp3) is 0.667. The monoisotopic (exact) mass is 255 g/mol. The number of hydrogen-bond donors (Lipinski definition) is 1. The summed E-state index contributed by atoms with van der Waals surface area (Å²) >= 11 is 6.08. The van der Waals surface area contributed by atoms with E-state index in [2.05, 4.69) is 14.9 Å². The van der Waals surface area contributed by atoms with E-state index in [1.807, 2.05) is 13.8 Å². The summed E-state index contributed by atoms with van der Waals surface area (Å²) in [7, 11) is 0. The molecule has 1 N–H and O–H groups in total. The number of hydrogen-bond acceptors (Lipinski definition) is 4. The molecule has 4 nitrogen and oxygen atoms in total. The lowest BCUT2D eigenvalue weighted by Gasteiger charge is -2.20. The molecule has 0 aliphatic carbocycles. The first-order chi connectivity index (χ1) is 8.11. The molecule has 0 bridgehead atoms. The maximum Gasteiger partial charge on any atom is 0.137 e. The number of aliphatic hydroxyl groups excluding tert-OH is 1. The minimum Gasteiger partial charge on any atom is -0.396 e. The molecule has 2 rings (SSSR count). The maximum atomic E-state index is 8.96. The molecule has 1 fully saturated rings. The van der Waals surface area contributed by atoms with Crippen molar-refractivity contribution in [2.45, 2.75) is 26.7 Å². The number of rotatable bonds is 3. The van der Waals surface area contributed by atoms with E-state index in [9.17, 15) is 0 Å². The Morgan fingerprint density at radius 3 is 2.88 bits per heavy atom. The van der Waals surface area contributed by atoms with Gasteiger partial charge in [0.1, 0.15) is 16.8 Å². The predicted octanol–water partition coefficient (Wildman–Crippen LogP) is 1.96. The van der Waals surface area contributed by atoms with E-state index in [0.717, 1.165) is 37.3 Å². The highest BCUT2D eigenvalue weighted by Gasteiger charge is 2.25. The number of aromatic nitrogens is 2. The second-order valence-electron chi connectivity index (χ2n) is 4.62. The third-order valence-corrected chi connectivity index (χ3v) is 3.66. The molecule has 0 radical (unpaired) electrons. The topological polar surface area (TPSA) is 49.2 Å². The number of aryl methyl sites for hydroxylation is 1. The minimum absolute atomic E-state index is 0.265. The Labute approximate surface area is 107 Å². The van der Waals surface area contributed by atoms with Crippen molar-refractivity contribution in [3.05, 3.63) is 16.5 Å². The Morgan fingerprint density at radius 1 is 1.41 bits per heavy atom. The average molecular weight is 256 g/mol. The first-order valence-corrected chi connectivity index (χ1v) is 6.36. The summed E-state index contributed by atoms with van der Waals surface area (Å²) in [6.45, 7) is 6.01. The van der Waals surface area contributed by atoms with Crippen molar-refractivity contribution in [1.29, 1.82) is 0 Å². The van der Waals surface area contributed by atoms with E-state index >= 15 is 0 Å². The second-order valence-corrected chi connectivity index (χ2v) is 4.98. The molecule has 2 heterocycles. The lowest BCUT2D eigenvalue weighted by Crippen LogP contribution is -2.22. The van der Waals surface area contributed by atoms with Crippen molar-refractivity contribution in [2.24, 2.45) is 5.92 Å². The van der Waals surface area contributed by atoms with Crippen molar-refractivity contribution in [1.82, 2.24) is 9.97 Å². The Bertz CT molecular complexity index is 411. The Hall–Kier alpha value is -0.870. The van der Waals surface area contributed by atoms with Crippen LogP contribution in [-0.4, -0.2) is 34.8 Å². The van der Waals surface area contributed by atoms with Crippen LogP contribution in [0.3, 0.4) is 0 Å². The molecule has 0 aromatic carbocycles. The highest BCUT2D eigenvalue weighted by atomic mass is 35.5. The van der Waals surface area contributed by atoms with Crippen LogP contribution in [-0.2, 0) is 0 Å². The zero-order valence-electron chi connectivity index (χ0n) is 10.3. The van der Waals surface area contributed by atoms with Crippen molar-refractivity contribution < 1.29 is 5.11 Å². The minimum atomic E-state index is 0.265. The number of nitrogens with zero attached hydrogens (tertiary/aromatic N) is 3. The van der Waals surface area contributed by atoms with Crippen LogP contribution in [0.5, 0.6) is 0 Å². The second kappa shape index (κ2) is 5.19. The van der Waals surface area contributed by atoms with E-state index in [0.29, 0.717) is 16.9 Å². The fourth-order valence-corrected chi connectivity index (χ4v) is 2.54. The van der Waals surface area contributed by atoms with Gasteiger partial charge in [0.15, 0.2) is 0 Å². The molecule has 5 heteroatoms. The smallest absolute Gasteiger partial charge is 0.137 e. The molecular weight excluding hydrogens is 238 g/mol. The largest absolute Gasteiger partial charge is 0.396 e. The highest BCUT2D eigenvalue weighted by Crippen LogP contribution is 2.29. The van der Waals surface area contributed by atoms with E-state index < -0.39 is 0 Å². The van der Waals surface area contributed by atoms with Crippen LogP contribution in [0.25, 0.3) is 0 Å². The van der Waals surface area contributed by atoms with Crippen molar-refractivity contribution in [2.75, 3.05) is 24.6 Å². The Kier molecular flexibility index (Phi) is 3.84. The standard InChI is InChI=1S/C12H18ClN3O/c1-8-11(13)14-9(2)15-12(8)16-5-3-10(7-16)4-6-17/h10,17H,3-7H2,1-2H3. The molecule has 1 aromatic heterocycles. The van der Waals surface area contributed by atoms with Crippen molar-refractivity contribution in [3.8, 4) is 0 Å². The molecular formula is C12H18ClN3O. The fourth-order valence-electron chi connectivity index (χ4n) is 2.33. The normalized spacial score (nSPS) is 20.0. The Balaban J connectivity index is 2.18. The van der Waals surface area contributed by atoms with Gasteiger partial charge in [-0.15, -0.1) is 0 Å². The SMILES string of the molecule is Cc1nc(Cl)c(C)c(N2CCC(CCO)C2)n1. The summed E-state index contributed by atoms with van der Waals surface area (Å²) < 4.78 is 0. The molecule has 1 aliphatic heterocycles. The van der Waals surface area contributed by atoms with E-state index in [1.165, 1.54) is 0 Å². The van der Waals surface area contributed by atoms with E-state index in [-0.39, 0.29) is 6.61 Å². The van der Waals surface area contributed by atoms with Crippen LogP contribution < -0.4 is 4.90 Å². The van der Waals surface area contributed by atoms with Gasteiger partial charge in [0.2, 0.25) is 0 Å². The molecule has 17 heavy (non-hydrogen) atoms. The van der Waals surface area contributed by atoms with Gasteiger partial charge in [0, 0.05) is 25.3 Å². The number of anilines is 1. The number of aliphatic hydroxyl groups is 1. The zero-order chi connectivity index (χ0) is 12.4. The number of halogens is 1.